The molecule has 0 saturated carbocycles. The summed E-state index contributed by atoms with van der Waals surface area (Å²) < 4.78 is -0.285. The average Bonchev–Trinajstić information content (AvgIpc) is 2.71. The minimum atomic E-state index is -0.347. The summed E-state index contributed by atoms with van der Waals surface area (Å²) in [5.74, 6) is -0.857. The molecule has 1 aliphatic rings. The lowest BCUT2D eigenvalue weighted by molar-refractivity contribution is -0.137. The summed E-state index contributed by atoms with van der Waals surface area (Å²) in [4.78, 5) is 35.6. The van der Waals surface area contributed by atoms with E-state index in [0.29, 0.717) is 12.1 Å². The Morgan fingerprint density at radius 3 is 2.14 bits per heavy atom. The Hall–Kier alpha value is -1.30. The monoisotopic (exact) mass is 332 g/mol. The molecule has 0 aromatic carbocycles. The molecule has 0 spiro atoms. The number of hydrogen-bond acceptors (Lipinski definition) is 4. The lowest BCUT2D eigenvalue weighted by atomic mass is 10.2. The topological polar surface area (TPSA) is 66.5 Å². The van der Waals surface area contributed by atoms with Crippen molar-refractivity contribution in [3.8, 4) is 0 Å². The highest BCUT2D eigenvalue weighted by Crippen LogP contribution is 2.12. The number of amides is 3. The summed E-state index contributed by atoms with van der Waals surface area (Å²) >= 11 is 4.28. The van der Waals surface area contributed by atoms with Gasteiger partial charge in [-0.25, -0.2) is 0 Å². The Bertz CT molecular complexity index is 418. The molecule has 0 saturated heterocycles. The molecule has 1 aliphatic heterocycles. The van der Waals surface area contributed by atoms with E-state index in [2.05, 4.69) is 17.9 Å². The van der Waals surface area contributed by atoms with E-state index in [1.54, 1.807) is 6.92 Å². The van der Waals surface area contributed by atoms with Crippen LogP contribution in [0.4, 0.5) is 0 Å². The Morgan fingerprint density at radius 2 is 1.77 bits per heavy atom. The van der Waals surface area contributed by atoms with Gasteiger partial charge in [0, 0.05) is 37.3 Å². The second kappa shape index (κ2) is 11.3. The highest BCUT2D eigenvalue weighted by atomic mass is 32.1. The molecule has 0 aromatic rings. The van der Waals surface area contributed by atoms with Gasteiger partial charge < -0.3 is 5.32 Å². The molecule has 1 rings (SSSR count). The van der Waals surface area contributed by atoms with Crippen LogP contribution in [-0.4, -0.2) is 40.5 Å². The summed E-state index contributed by atoms with van der Waals surface area (Å²) in [7, 11) is 0. The van der Waals surface area contributed by atoms with Gasteiger partial charge in [-0.15, -0.1) is 0 Å². The van der Waals surface area contributed by atoms with Gasteiger partial charge in [0.25, 0.3) is 11.8 Å². The minimum Gasteiger partial charge on any atom is -0.355 e. The third kappa shape index (κ3) is 8.87. The maximum atomic E-state index is 11.5. The zero-order valence-corrected chi connectivity index (χ0v) is 15.7. The van der Waals surface area contributed by atoms with Crippen LogP contribution in [0.2, 0.25) is 0 Å². The fraction of sp³-hybridized carbons (Fsp3) is 0.688. The minimum absolute atomic E-state index is 0. The molecule has 0 fully saturated rings. The van der Waals surface area contributed by atoms with Crippen LogP contribution in [0.3, 0.4) is 0 Å². The zero-order valence-electron chi connectivity index (χ0n) is 14.8. The SMILES string of the molecule is CC.CC.CC1=CC(=O)N(CCC(=O)NCC(C)(C)S)C1=O.[HH]. The standard InChI is InChI=1S/C12H18N2O3S.2C2H6.H2/c1-8-6-10(16)14(11(8)17)5-4-9(15)13-7-12(2,3)18;2*1-2;/h6,18H,4-5,7H2,1-3H3,(H,13,15);2*1-2H3;1H. The molecule has 0 atom stereocenters. The van der Waals surface area contributed by atoms with E-state index in [9.17, 15) is 14.4 Å². The predicted octanol–water partition coefficient (Wildman–Crippen LogP) is 2.81. The van der Waals surface area contributed by atoms with E-state index in [1.165, 1.54) is 6.08 Å². The first-order chi connectivity index (χ1) is 10.2. The largest absolute Gasteiger partial charge is 0.355 e. The number of imide groups is 1. The smallest absolute Gasteiger partial charge is 0.256 e. The zero-order chi connectivity index (χ0) is 17.9. The van der Waals surface area contributed by atoms with E-state index in [0.717, 1.165) is 4.90 Å². The van der Waals surface area contributed by atoms with Gasteiger partial charge in [-0.2, -0.15) is 12.6 Å². The van der Waals surface area contributed by atoms with Gasteiger partial charge in [0.15, 0.2) is 0 Å². The number of carbonyl (C=O) groups is 3. The maximum absolute atomic E-state index is 11.5. The van der Waals surface area contributed by atoms with E-state index < -0.39 is 0 Å². The number of nitrogens with one attached hydrogen (secondary N) is 1. The number of thiol groups is 1. The summed E-state index contributed by atoms with van der Waals surface area (Å²) in [5.41, 5.74) is 0.414. The second-order valence-electron chi connectivity index (χ2n) is 4.96. The molecule has 1 N–H and O–H groups in total. The van der Waals surface area contributed by atoms with Crippen molar-refractivity contribution in [1.29, 1.82) is 0 Å². The fourth-order valence-corrected chi connectivity index (χ4v) is 1.55. The van der Waals surface area contributed by atoms with Crippen molar-refractivity contribution in [2.24, 2.45) is 0 Å². The summed E-state index contributed by atoms with van der Waals surface area (Å²) in [5, 5.41) is 2.71. The molecule has 6 heteroatoms. The van der Waals surface area contributed by atoms with Crippen LogP contribution in [0.25, 0.3) is 0 Å². The Balaban J connectivity index is -0.000000739. The van der Waals surface area contributed by atoms with Gasteiger partial charge in [0.1, 0.15) is 0 Å². The molecular weight excluding hydrogens is 300 g/mol. The molecular formula is C16H32N2O3S. The molecule has 22 heavy (non-hydrogen) atoms. The third-order valence-corrected chi connectivity index (χ3v) is 2.63. The highest BCUT2D eigenvalue weighted by Gasteiger charge is 2.28. The lowest BCUT2D eigenvalue weighted by Gasteiger charge is -2.19. The quantitative estimate of drug-likeness (QED) is 0.601. The van der Waals surface area contributed by atoms with Crippen molar-refractivity contribution in [2.45, 2.75) is 59.6 Å². The van der Waals surface area contributed by atoms with Crippen LogP contribution in [0.5, 0.6) is 0 Å². The van der Waals surface area contributed by atoms with E-state index in [4.69, 9.17) is 0 Å². The molecule has 1 heterocycles. The lowest BCUT2D eigenvalue weighted by Crippen LogP contribution is -2.38. The molecule has 0 unspecified atom stereocenters. The summed E-state index contributed by atoms with van der Waals surface area (Å²) in [6.07, 6.45) is 1.40. The van der Waals surface area contributed by atoms with Crippen molar-refractivity contribution < 1.29 is 15.8 Å². The number of nitrogens with zero attached hydrogens (tertiary/aromatic N) is 1. The first kappa shape index (κ1) is 23.0. The van der Waals surface area contributed by atoms with E-state index in [1.807, 2.05) is 41.5 Å². The van der Waals surface area contributed by atoms with E-state index in [-0.39, 0.29) is 36.9 Å². The second-order valence-corrected chi connectivity index (χ2v) is 6.17. The van der Waals surface area contributed by atoms with Crippen molar-refractivity contribution in [3.63, 3.8) is 0 Å². The number of rotatable bonds is 5. The fourth-order valence-electron chi connectivity index (χ4n) is 1.47. The average molecular weight is 333 g/mol. The van der Waals surface area contributed by atoms with Crippen LogP contribution in [0, 0.1) is 0 Å². The van der Waals surface area contributed by atoms with E-state index >= 15 is 0 Å². The maximum Gasteiger partial charge on any atom is 0.256 e. The molecule has 0 radical (unpaired) electrons. The van der Waals surface area contributed by atoms with Crippen LogP contribution < -0.4 is 5.32 Å². The molecule has 0 aliphatic carbocycles. The summed E-state index contributed by atoms with van der Waals surface area (Å²) in [6.45, 7) is 13.9. The first-order valence-electron chi connectivity index (χ1n) is 7.74. The van der Waals surface area contributed by atoms with Crippen LogP contribution in [0.1, 0.15) is 56.3 Å². The number of hydrogen-bond donors (Lipinski definition) is 2. The van der Waals surface area contributed by atoms with Crippen LogP contribution in [0.15, 0.2) is 11.6 Å². The Morgan fingerprint density at radius 1 is 1.27 bits per heavy atom. The van der Waals surface area contributed by atoms with Crippen molar-refractivity contribution in [3.05, 3.63) is 11.6 Å². The summed E-state index contributed by atoms with van der Waals surface area (Å²) in [6, 6.07) is 0. The number of carbonyl (C=O) groups excluding carboxylic acids is 3. The van der Waals surface area contributed by atoms with Gasteiger partial charge >= 0.3 is 0 Å². The first-order valence-corrected chi connectivity index (χ1v) is 8.18. The Kier molecular flexibility index (Phi) is 11.8. The normalized spacial score (nSPS) is 13.6. The highest BCUT2D eigenvalue weighted by molar-refractivity contribution is 7.81. The molecule has 0 aromatic heterocycles. The molecule has 5 nitrogen and oxygen atoms in total. The van der Waals surface area contributed by atoms with Gasteiger partial charge in [-0.05, 0) is 20.8 Å². The Labute approximate surface area is 141 Å². The van der Waals surface area contributed by atoms with Gasteiger partial charge in [0.05, 0.1) is 0 Å². The van der Waals surface area contributed by atoms with Crippen molar-refractivity contribution in [1.82, 2.24) is 10.2 Å². The predicted molar refractivity (Wildman–Crippen MR) is 96.0 cm³/mol. The third-order valence-electron chi connectivity index (χ3n) is 2.47. The molecule has 130 valence electrons. The molecule has 3 amide bonds. The van der Waals surface area contributed by atoms with Gasteiger partial charge in [-0.3, -0.25) is 19.3 Å². The van der Waals surface area contributed by atoms with Gasteiger partial charge in [0.2, 0.25) is 5.91 Å². The van der Waals surface area contributed by atoms with Crippen molar-refractivity contribution in [2.75, 3.05) is 13.1 Å². The van der Waals surface area contributed by atoms with Crippen LogP contribution in [-0.2, 0) is 14.4 Å². The van der Waals surface area contributed by atoms with Crippen molar-refractivity contribution >= 4 is 30.4 Å². The molecule has 0 bridgehead atoms. The van der Waals surface area contributed by atoms with Gasteiger partial charge in [-0.1, -0.05) is 27.7 Å². The van der Waals surface area contributed by atoms with Crippen LogP contribution >= 0.6 is 12.6 Å².